The summed E-state index contributed by atoms with van der Waals surface area (Å²) in [4.78, 5) is 13.9. The highest BCUT2D eigenvalue weighted by atomic mass is 79.9. The number of hydrogen-bond donors (Lipinski definition) is 0. The minimum absolute atomic E-state index is 0.00713. The van der Waals surface area contributed by atoms with Gasteiger partial charge in [0.05, 0.1) is 13.0 Å². The predicted octanol–water partition coefficient (Wildman–Crippen LogP) is 3.15. The fraction of sp³-hybridized carbons (Fsp3) is 0.500. The van der Waals surface area contributed by atoms with E-state index in [1.807, 2.05) is 0 Å². The summed E-state index contributed by atoms with van der Waals surface area (Å²) in [7, 11) is 1.46. The third-order valence-electron chi connectivity index (χ3n) is 3.46. The van der Waals surface area contributed by atoms with Crippen molar-refractivity contribution in [1.82, 2.24) is 0 Å². The maximum absolute atomic E-state index is 11.6. The van der Waals surface area contributed by atoms with Crippen LogP contribution in [0.3, 0.4) is 0 Å². The van der Waals surface area contributed by atoms with Gasteiger partial charge in [-0.25, -0.2) is 0 Å². The summed E-state index contributed by atoms with van der Waals surface area (Å²) in [5.74, 6) is -0.0822. The van der Waals surface area contributed by atoms with Gasteiger partial charge in [0.25, 0.3) is 0 Å². The number of anilines is 1. The molecule has 2 rings (SSSR count). The molecule has 3 nitrogen and oxygen atoms in total. The Morgan fingerprint density at radius 3 is 2.94 bits per heavy atom. The Morgan fingerprint density at radius 2 is 2.28 bits per heavy atom. The predicted molar refractivity (Wildman–Crippen MR) is 75.8 cm³/mol. The lowest BCUT2D eigenvalue weighted by Crippen LogP contribution is -2.39. The molecule has 18 heavy (non-hydrogen) atoms. The molecule has 0 spiro atoms. The smallest absolute Gasteiger partial charge is 0.310 e. The molecule has 1 saturated heterocycles. The van der Waals surface area contributed by atoms with E-state index in [9.17, 15) is 4.79 Å². The average molecular weight is 312 g/mol. The zero-order chi connectivity index (χ0) is 13.1. The van der Waals surface area contributed by atoms with Gasteiger partial charge in [-0.3, -0.25) is 4.79 Å². The first-order chi connectivity index (χ1) is 8.61. The maximum atomic E-state index is 11.6. The van der Waals surface area contributed by atoms with E-state index in [-0.39, 0.29) is 11.9 Å². The number of halogens is 1. The molecule has 0 saturated carbocycles. The number of hydrogen-bond acceptors (Lipinski definition) is 3. The molecule has 0 amide bonds. The maximum Gasteiger partial charge on any atom is 0.310 e. The number of aryl methyl sites for hydroxylation is 1. The van der Waals surface area contributed by atoms with E-state index in [4.69, 9.17) is 4.74 Å². The SMILES string of the molecule is COC(=O)C1CCCN(c2ccc(Br)c(C)c2)C1. The van der Waals surface area contributed by atoms with Gasteiger partial charge in [-0.1, -0.05) is 15.9 Å². The fourth-order valence-electron chi connectivity index (χ4n) is 2.40. The summed E-state index contributed by atoms with van der Waals surface area (Å²) < 4.78 is 5.96. The van der Waals surface area contributed by atoms with Crippen molar-refractivity contribution in [3.05, 3.63) is 28.2 Å². The molecular formula is C14H18BrNO2. The van der Waals surface area contributed by atoms with Crippen molar-refractivity contribution in [2.45, 2.75) is 19.8 Å². The molecule has 0 aromatic heterocycles. The number of carbonyl (C=O) groups is 1. The highest BCUT2D eigenvalue weighted by Gasteiger charge is 2.26. The molecule has 1 aliphatic heterocycles. The first-order valence-electron chi connectivity index (χ1n) is 6.20. The van der Waals surface area contributed by atoms with Crippen molar-refractivity contribution in [3.8, 4) is 0 Å². The third-order valence-corrected chi connectivity index (χ3v) is 4.35. The molecule has 1 heterocycles. The molecule has 1 atom stereocenters. The first-order valence-corrected chi connectivity index (χ1v) is 7.00. The van der Waals surface area contributed by atoms with Crippen molar-refractivity contribution < 1.29 is 9.53 Å². The van der Waals surface area contributed by atoms with Crippen LogP contribution in [-0.2, 0) is 9.53 Å². The van der Waals surface area contributed by atoms with Crippen LogP contribution in [-0.4, -0.2) is 26.2 Å². The highest BCUT2D eigenvalue weighted by Crippen LogP contribution is 2.27. The summed E-state index contributed by atoms with van der Waals surface area (Å²) in [6.07, 6.45) is 1.97. The molecule has 1 unspecified atom stereocenters. The van der Waals surface area contributed by atoms with E-state index in [0.29, 0.717) is 0 Å². The van der Waals surface area contributed by atoms with Crippen LogP contribution in [0.2, 0.25) is 0 Å². The number of rotatable bonds is 2. The highest BCUT2D eigenvalue weighted by molar-refractivity contribution is 9.10. The average Bonchev–Trinajstić information content (AvgIpc) is 2.41. The van der Waals surface area contributed by atoms with E-state index in [1.54, 1.807) is 0 Å². The van der Waals surface area contributed by atoms with Gasteiger partial charge in [-0.2, -0.15) is 0 Å². The van der Waals surface area contributed by atoms with Gasteiger partial charge in [-0.05, 0) is 43.5 Å². The molecule has 98 valence electrons. The number of piperidine rings is 1. The molecule has 1 aliphatic rings. The van der Waals surface area contributed by atoms with Crippen LogP contribution >= 0.6 is 15.9 Å². The summed E-state index contributed by atoms with van der Waals surface area (Å²) in [6.45, 7) is 3.84. The van der Waals surface area contributed by atoms with Crippen molar-refractivity contribution in [2.24, 2.45) is 5.92 Å². The van der Waals surface area contributed by atoms with Crippen LogP contribution < -0.4 is 4.90 Å². The van der Waals surface area contributed by atoms with Gasteiger partial charge in [0.15, 0.2) is 0 Å². The fourth-order valence-corrected chi connectivity index (χ4v) is 2.64. The monoisotopic (exact) mass is 311 g/mol. The Kier molecular flexibility index (Phi) is 4.27. The molecule has 0 aliphatic carbocycles. The molecule has 0 N–H and O–H groups in total. The first kappa shape index (κ1) is 13.4. The lowest BCUT2D eigenvalue weighted by molar-refractivity contribution is -0.145. The van der Waals surface area contributed by atoms with E-state index < -0.39 is 0 Å². The molecule has 1 aromatic rings. The molecule has 0 radical (unpaired) electrons. The van der Waals surface area contributed by atoms with E-state index in [0.717, 1.165) is 30.4 Å². The van der Waals surface area contributed by atoms with Gasteiger partial charge in [0.2, 0.25) is 0 Å². The molecule has 0 bridgehead atoms. The third kappa shape index (κ3) is 2.86. The van der Waals surface area contributed by atoms with Gasteiger partial charge in [0, 0.05) is 23.2 Å². The zero-order valence-electron chi connectivity index (χ0n) is 10.8. The van der Waals surface area contributed by atoms with Crippen LogP contribution in [0, 0.1) is 12.8 Å². The van der Waals surface area contributed by atoms with Crippen LogP contribution in [0.15, 0.2) is 22.7 Å². The summed E-state index contributed by atoms with van der Waals surface area (Å²) >= 11 is 3.51. The molecule has 4 heteroatoms. The Morgan fingerprint density at radius 1 is 1.50 bits per heavy atom. The topological polar surface area (TPSA) is 29.5 Å². The number of esters is 1. The van der Waals surface area contributed by atoms with E-state index in [1.165, 1.54) is 18.4 Å². The largest absolute Gasteiger partial charge is 0.469 e. The number of benzene rings is 1. The Bertz CT molecular complexity index is 447. The number of ether oxygens (including phenoxy) is 1. The number of carbonyl (C=O) groups excluding carboxylic acids is 1. The minimum Gasteiger partial charge on any atom is -0.469 e. The Labute approximate surface area is 116 Å². The molecule has 1 fully saturated rings. The van der Waals surface area contributed by atoms with Crippen LogP contribution in [0.25, 0.3) is 0 Å². The van der Waals surface area contributed by atoms with Crippen molar-refractivity contribution >= 4 is 27.6 Å². The quantitative estimate of drug-likeness (QED) is 0.786. The molecular weight excluding hydrogens is 294 g/mol. The second-order valence-electron chi connectivity index (χ2n) is 4.74. The Balaban J connectivity index is 2.13. The van der Waals surface area contributed by atoms with Gasteiger partial charge < -0.3 is 9.64 Å². The molecule has 1 aromatic carbocycles. The van der Waals surface area contributed by atoms with Gasteiger partial charge in [-0.15, -0.1) is 0 Å². The van der Waals surface area contributed by atoms with E-state index in [2.05, 4.69) is 46.0 Å². The normalized spacial score (nSPS) is 19.7. The summed E-state index contributed by atoms with van der Waals surface area (Å²) in [5.41, 5.74) is 2.40. The summed E-state index contributed by atoms with van der Waals surface area (Å²) in [6, 6.07) is 6.31. The standard InChI is InChI=1S/C14H18BrNO2/c1-10-8-12(5-6-13(10)15)16-7-3-4-11(9-16)14(17)18-2/h5-6,8,11H,3-4,7,9H2,1-2H3. The minimum atomic E-state index is -0.0893. The van der Waals surface area contributed by atoms with Crippen molar-refractivity contribution in [2.75, 3.05) is 25.1 Å². The second kappa shape index (κ2) is 5.74. The summed E-state index contributed by atoms with van der Waals surface area (Å²) in [5, 5.41) is 0. The van der Waals surface area contributed by atoms with Crippen LogP contribution in [0.1, 0.15) is 18.4 Å². The van der Waals surface area contributed by atoms with Gasteiger partial charge in [0.1, 0.15) is 0 Å². The zero-order valence-corrected chi connectivity index (χ0v) is 12.4. The lowest BCUT2D eigenvalue weighted by Gasteiger charge is -2.33. The Hall–Kier alpha value is -1.03. The second-order valence-corrected chi connectivity index (χ2v) is 5.60. The number of nitrogens with zero attached hydrogens (tertiary/aromatic N) is 1. The van der Waals surface area contributed by atoms with Crippen LogP contribution in [0.4, 0.5) is 5.69 Å². The van der Waals surface area contributed by atoms with Crippen molar-refractivity contribution in [1.29, 1.82) is 0 Å². The van der Waals surface area contributed by atoms with Crippen molar-refractivity contribution in [3.63, 3.8) is 0 Å². The lowest BCUT2D eigenvalue weighted by atomic mass is 9.97. The van der Waals surface area contributed by atoms with Gasteiger partial charge >= 0.3 is 5.97 Å². The van der Waals surface area contributed by atoms with E-state index >= 15 is 0 Å². The van der Waals surface area contributed by atoms with Crippen LogP contribution in [0.5, 0.6) is 0 Å². The number of methoxy groups -OCH3 is 1.